The van der Waals surface area contributed by atoms with Gasteiger partial charge in [-0.15, -0.1) is 0 Å². The zero-order valence-corrected chi connectivity index (χ0v) is 17.2. The predicted molar refractivity (Wildman–Crippen MR) is 118 cm³/mol. The highest BCUT2D eigenvalue weighted by molar-refractivity contribution is 5.80. The van der Waals surface area contributed by atoms with Crippen LogP contribution in [0.2, 0.25) is 0 Å². The van der Waals surface area contributed by atoms with Gasteiger partial charge in [0.1, 0.15) is 12.3 Å². The Hall–Kier alpha value is -3.94. The molecule has 4 aromatic rings. The lowest BCUT2D eigenvalue weighted by molar-refractivity contribution is -0.121. The van der Waals surface area contributed by atoms with Crippen molar-refractivity contribution in [1.29, 1.82) is 0 Å². The lowest BCUT2D eigenvalue weighted by atomic mass is 10.1. The van der Waals surface area contributed by atoms with E-state index in [1.807, 2.05) is 55.5 Å². The van der Waals surface area contributed by atoms with Crippen molar-refractivity contribution in [3.05, 3.63) is 77.3 Å². The summed E-state index contributed by atoms with van der Waals surface area (Å²) in [6.07, 6.45) is 1.65. The maximum absolute atomic E-state index is 12.3. The predicted octanol–water partition coefficient (Wildman–Crippen LogP) is 2.48. The molecule has 0 saturated heterocycles. The van der Waals surface area contributed by atoms with Crippen LogP contribution in [-0.4, -0.2) is 38.4 Å². The highest BCUT2D eigenvalue weighted by atomic mass is 16.5. The van der Waals surface area contributed by atoms with E-state index in [0.717, 1.165) is 22.3 Å². The first kappa shape index (κ1) is 20.3. The standard InChI is InChI=1S/C23H23N5O3/c1-2-31-18-9-7-17(8-10-18)19-11-12-23(30)28(26-19)14-13-24-22(29)15-27-16-25-20-5-3-4-6-21(20)27/h3-12,16H,2,13-15H2,1H3,(H,24,29). The van der Waals surface area contributed by atoms with Crippen LogP contribution in [0.1, 0.15) is 6.92 Å². The van der Waals surface area contributed by atoms with Gasteiger partial charge in [0, 0.05) is 18.2 Å². The molecule has 8 heteroatoms. The number of benzene rings is 2. The molecule has 0 atom stereocenters. The van der Waals surface area contributed by atoms with E-state index in [-0.39, 0.29) is 24.6 Å². The minimum Gasteiger partial charge on any atom is -0.494 e. The van der Waals surface area contributed by atoms with E-state index in [2.05, 4.69) is 15.4 Å². The normalized spacial score (nSPS) is 10.9. The van der Waals surface area contributed by atoms with Gasteiger partial charge in [-0.3, -0.25) is 9.59 Å². The quantitative estimate of drug-likeness (QED) is 0.476. The minimum absolute atomic E-state index is 0.154. The van der Waals surface area contributed by atoms with E-state index in [1.165, 1.54) is 10.7 Å². The van der Waals surface area contributed by atoms with Gasteiger partial charge in [0.15, 0.2) is 0 Å². The molecule has 0 fully saturated rings. The Bertz CT molecular complexity index is 1240. The van der Waals surface area contributed by atoms with Crippen molar-refractivity contribution in [3.63, 3.8) is 0 Å². The van der Waals surface area contributed by atoms with Gasteiger partial charge in [-0.2, -0.15) is 5.10 Å². The van der Waals surface area contributed by atoms with E-state index >= 15 is 0 Å². The highest BCUT2D eigenvalue weighted by Crippen LogP contribution is 2.19. The summed E-state index contributed by atoms with van der Waals surface area (Å²) in [4.78, 5) is 28.8. The monoisotopic (exact) mass is 417 g/mol. The summed E-state index contributed by atoms with van der Waals surface area (Å²) in [6, 6.07) is 18.4. The van der Waals surface area contributed by atoms with Gasteiger partial charge in [0.25, 0.3) is 5.56 Å². The van der Waals surface area contributed by atoms with Crippen LogP contribution in [0.5, 0.6) is 5.75 Å². The Labute approximate surface area is 179 Å². The fourth-order valence-electron chi connectivity index (χ4n) is 3.30. The molecule has 158 valence electrons. The number of nitrogens with zero attached hydrogens (tertiary/aromatic N) is 4. The largest absolute Gasteiger partial charge is 0.494 e. The second-order valence-electron chi connectivity index (χ2n) is 6.95. The number of carbonyl (C=O) groups is 1. The average Bonchev–Trinajstić information content (AvgIpc) is 3.19. The number of ether oxygens (including phenoxy) is 1. The van der Waals surface area contributed by atoms with Crippen molar-refractivity contribution in [3.8, 4) is 17.0 Å². The number of nitrogens with one attached hydrogen (secondary N) is 1. The topological polar surface area (TPSA) is 91.0 Å². The van der Waals surface area contributed by atoms with E-state index in [4.69, 9.17) is 4.74 Å². The molecular formula is C23H23N5O3. The van der Waals surface area contributed by atoms with E-state index in [9.17, 15) is 9.59 Å². The van der Waals surface area contributed by atoms with Crippen molar-refractivity contribution in [2.75, 3.05) is 13.2 Å². The van der Waals surface area contributed by atoms with Gasteiger partial charge in [-0.25, -0.2) is 9.67 Å². The van der Waals surface area contributed by atoms with Gasteiger partial charge >= 0.3 is 0 Å². The van der Waals surface area contributed by atoms with Crippen LogP contribution in [0.3, 0.4) is 0 Å². The summed E-state index contributed by atoms with van der Waals surface area (Å²) in [6.45, 7) is 3.27. The van der Waals surface area contributed by atoms with Gasteiger partial charge in [0.2, 0.25) is 5.91 Å². The molecule has 2 heterocycles. The molecule has 31 heavy (non-hydrogen) atoms. The number of imidazole rings is 1. The number of rotatable bonds is 8. The molecule has 0 aliphatic heterocycles. The van der Waals surface area contributed by atoms with Crippen molar-refractivity contribution in [2.24, 2.45) is 0 Å². The number of hydrogen-bond donors (Lipinski definition) is 1. The second kappa shape index (κ2) is 9.25. The average molecular weight is 417 g/mol. The number of hydrogen-bond acceptors (Lipinski definition) is 5. The summed E-state index contributed by atoms with van der Waals surface area (Å²) in [5.41, 5.74) is 3.09. The maximum Gasteiger partial charge on any atom is 0.266 e. The lowest BCUT2D eigenvalue weighted by Crippen LogP contribution is -2.33. The van der Waals surface area contributed by atoms with Crippen molar-refractivity contribution in [1.82, 2.24) is 24.6 Å². The molecule has 4 rings (SSSR count). The van der Waals surface area contributed by atoms with Crippen LogP contribution < -0.4 is 15.6 Å². The van der Waals surface area contributed by atoms with Gasteiger partial charge < -0.3 is 14.6 Å². The summed E-state index contributed by atoms with van der Waals surface area (Å²) in [5.74, 6) is 0.631. The molecule has 0 unspecified atom stereocenters. The van der Waals surface area contributed by atoms with Crippen molar-refractivity contribution < 1.29 is 9.53 Å². The fraction of sp³-hybridized carbons (Fsp3) is 0.217. The van der Waals surface area contributed by atoms with Crippen LogP contribution in [0.4, 0.5) is 0 Å². The lowest BCUT2D eigenvalue weighted by Gasteiger charge is -2.10. The Morgan fingerprint density at radius 2 is 1.87 bits per heavy atom. The SMILES string of the molecule is CCOc1ccc(-c2ccc(=O)n(CCNC(=O)Cn3cnc4ccccc43)n2)cc1. The molecule has 1 amide bonds. The third-order valence-electron chi connectivity index (χ3n) is 4.81. The van der Waals surface area contributed by atoms with Crippen molar-refractivity contribution in [2.45, 2.75) is 20.0 Å². The smallest absolute Gasteiger partial charge is 0.266 e. The molecule has 2 aromatic heterocycles. The molecule has 0 radical (unpaired) electrons. The van der Waals surface area contributed by atoms with Crippen LogP contribution in [0, 0.1) is 0 Å². The number of para-hydroxylation sites is 2. The number of fused-ring (bicyclic) bond motifs is 1. The Kier molecular flexibility index (Phi) is 6.07. The van der Waals surface area contributed by atoms with Gasteiger partial charge in [-0.1, -0.05) is 12.1 Å². The Morgan fingerprint density at radius 1 is 1.06 bits per heavy atom. The van der Waals surface area contributed by atoms with Crippen LogP contribution in [-0.2, 0) is 17.9 Å². The number of aromatic nitrogens is 4. The zero-order chi connectivity index (χ0) is 21.6. The second-order valence-corrected chi connectivity index (χ2v) is 6.95. The maximum atomic E-state index is 12.3. The fourth-order valence-corrected chi connectivity index (χ4v) is 3.30. The van der Waals surface area contributed by atoms with Crippen LogP contribution in [0.15, 0.2) is 71.8 Å². The molecule has 2 aromatic carbocycles. The summed E-state index contributed by atoms with van der Waals surface area (Å²) < 4.78 is 8.61. The molecule has 1 N–H and O–H groups in total. The van der Waals surface area contributed by atoms with Crippen LogP contribution >= 0.6 is 0 Å². The molecule has 0 saturated carbocycles. The highest BCUT2D eigenvalue weighted by Gasteiger charge is 2.08. The molecular weight excluding hydrogens is 394 g/mol. The summed E-state index contributed by atoms with van der Waals surface area (Å²) in [7, 11) is 0. The van der Waals surface area contributed by atoms with Gasteiger partial charge in [-0.05, 0) is 49.4 Å². The summed E-state index contributed by atoms with van der Waals surface area (Å²) in [5, 5.41) is 7.27. The first-order valence-corrected chi connectivity index (χ1v) is 10.1. The van der Waals surface area contributed by atoms with E-state index in [1.54, 1.807) is 17.0 Å². The molecule has 0 aliphatic carbocycles. The van der Waals surface area contributed by atoms with Crippen LogP contribution in [0.25, 0.3) is 22.3 Å². The molecule has 0 aliphatic rings. The van der Waals surface area contributed by atoms with Crippen molar-refractivity contribution >= 4 is 16.9 Å². The Balaban J connectivity index is 1.37. The molecule has 8 nitrogen and oxygen atoms in total. The Morgan fingerprint density at radius 3 is 2.68 bits per heavy atom. The third kappa shape index (κ3) is 4.80. The van der Waals surface area contributed by atoms with E-state index < -0.39 is 0 Å². The first-order chi connectivity index (χ1) is 15.1. The summed E-state index contributed by atoms with van der Waals surface area (Å²) >= 11 is 0. The molecule has 0 spiro atoms. The van der Waals surface area contributed by atoms with Gasteiger partial charge in [0.05, 0.1) is 36.2 Å². The third-order valence-corrected chi connectivity index (χ3v) is 4.81. The van der Waals surface area contributed by atoms with E-state index in [0.29, 0.717) is 18.8 Å². The zero-order valence-electron chi connectivity index (χ0n) is 17.2. The molecule has 0 bridgehead atoms. The minimum atomic E-state index is -0.218. The first-order valence-electron chi connectivity index (χ1n) is 10.1. The number of carbonyl (C=O) groups excluding carboxylic acids is 1. The number of amides is 1.